The summed E-state index contributed by atoms with van der Waals surface area (Å²) in [6.45, 7) is 1.56. The van der Waals surface area contributed by atoms with E-state index >= 15 is 0 Å². The van der Waals surface area contributed by atoms with Crippen LogP contribution in [0.2, 0.25) is 0 Å². The summed E-state index contributed by atoms with van der Waals surface area (Å²) in [6.07, 6.45) is 1.74. The van der Waals surface area contributed by atoms with E-state index in [1.807, 2.05) is 0 Å². The Labute approximate surface area is 150 Å². The van der Waals surface area contributed by atoms with Gasteiger partial charge in [-0.05, 0) is 37.0 Å². The number of hydrogen-bond donors (Lipinski definition) is 2. The molecule has 0 saturated carbocycles. The average Bonchev–Trinajstić information content (AvgIpc) is 2.86. The van der Waals surface area contributed by atoms with Crippen LogP contribution in [0.4, 0.5) is 0 Å². The van der Waals surface area contributed by atoms with Gasteiger partial charge < -0.3 is 10.5 Å². The molecule has 3 N–H and O–H groups in total. The van der Waals surface area contributed by atoms with Crippen LogP contribution >= 0.6 is 0 Å². The Morgan fingerprint density at radius 2 is 1.88 bits per heavy atom. The number of piperidine rings is 1. The maximum absolute atomic E-state index is 12.7. The van der Waals surface area contributed by atoms with Gasteiger partial charge in [-0.15, -0.1) is 0 Å². The number of ether oxygens (including phenoxy) is 1. The Morgan fingerprint density at radius 3 is 2.62 bits per heavy atom. The van der Waals surface area contributed by atoms with Gasteiger partial charge >= 0.3 is 0 Å². The number of carbonyl (C=O) groups excluding carboxylic acids is 4. The predicted octanol–water partition coefficient (Wildman–Crippen LogP) is -0.00430. The molecule has 8 heteroatoms. The van der Waals surface area contributed by atoms with Gasteiger partial charge in [0, 0.05) is 19.6 Å². The standard InChI is InChI=1S/C18H21N3O5/c19-7-9-26-8-1-2-11-3-4-12-13(10-11)18(25)21(17(12)24)14-5-6-15(22)20-16(14)23/h3-4,10,14H,1-2,5-9,19H2,(H,20,22,23). The zero-order valence-corrected chi connectivity index (χ0v) is 14.3. The van der Waals surface area contributed by atoms with Gasteiger partial charge in [0.15, 0.2) is 0 Å². The van der Waals surface area contributed by atoms with Crippen molar-refractivity contribution in [3.8, 4) is 0 Å². The summed E-state index contributed by atoms with van der Waals surface area (Å²) in [6, 6.07) is 4.19. The summed E-state index contributed by atoms with van der Waals surface area (Å²) in [4.78, 5) is 49.6. The van der Waals surface area contributed by atoms with E-state index in [0.29, 0.717) is 37.3 Å². The second kappa shape index (κ2) is 7.76. The molecule has 138 valence electrons. The van der Waals surface area contributed by atoms with Crippen molar-refractivity contribution in [3.05, 3.63) is 34.9 Å². The second-order valence-electron chi connectivity index (χ2n) is 6.33. The summed E-state index contributed by atoms with van der Waals surface area (Å²) in [7, 11) is 0. The maximum atomic E-state index is 12.7. The van der Waals surface area contributed by atoms with Crippen LogP contribution in [0.15, 0.2) is 18.2 Å². The topological polar surface area (TPSA) is 119 Å². The molecule has 1 unspecified atom stereocenters. The molecule has 1 fully saturated rings. The van der Waals surface area contributed by atoms with Crippen LogP contribution in [0.1, 0.15) is 45.5 Å². The van der Waals surface area contributed by atoms with E-state index in [2.05, 4.69) is 5.32 Å². The molecule has 1 atom stereocenters. The quantitative estimate of drug-likeness (QED) is 0.522. The number of amides is 4. The number of hydrogen-bond acceptors (Lipinski definition) is 6. The third-order valence-electron chi connectivity index (χ3n) is 4.52. The number of rotatable bonds is 7. The number of nitrogens with one attached hydrogen (secondary N) is 1. The summed E-state index contributed by atoms with van der Waals surface area (Å²) in [5, 5.41) is 2.18. The van der Waals surface area contributed by atoms with Crippen molar-refractivity contribution in [2.45, 2.75) is 31.7 Å². The number of fused-ring (bicyclic) bond motifs is 1. The molecule has 0 bridgehead atoms. The van der Waals surface area contributed by atoms with Gasteiger partial charge in [-0.2, -0.15) is 0 Å². The molecule has 1 aromatic carbocycles. The highest BCUT2D eigenvalue weighted by Crippen LogP contribution is 2.28. The maximum Gasteiger partial charge on any atom is 0.262 e. The Kier molecular flexibility index (Phi) is 5.43. The molecular weight excluding hydrogens is 338 g/mol. The molecule has 0 aromatic heterocycles. The van der Waals surface area contributed by atoms with Crippen LogP contribution in [-0.2, 0) is 20.7 Å². The summed E-state index contributed by atoms with van der Waals surface area (Å²) in [5.41, 5.74) is 6.88. The zero-order chi connectivity index (χ0) is 18.7. The minimum atomic E-state index is -0.937. The monoisotopic (exact) mass is 359 g/mol. The molecule has 2 heterocycles. The number of aryl methyl sites for hydroxylation is 1. The predicted molar refractivity (Wildman–Crippen MR) is 91.3 cm³/mol. The van der Waals surface area contributed by atoms with E-state index < -0.39 is 23.8 Å². The lowest BCUT2D eigenvalue weighted by molar-refractivity contribution is -0.136. The van der Waals surface area contributed by atoms with Gasteiger partial charge in [-0.25, -0.2) is 0 Å². The first-order chi connectivity index (χ1) is 12.5. The van der Waals surface area contributed by atoms with Crippen molar-refractivity contribution in [2.75, 3.05) is 19.8 Å². The summed E-state index contributed by atoms with van der Waals surface area (Å²) in [5.74, 6) is -1.96. The lowest BCUT2D eigenvalue weighted by Gasteiger charge is -2.27. The average molecular weight is 359 g/mol. The molecule has 1 aromatic rings. The van der Waals surface area contributed by atoms with Crippen LogP contribution in [0.5, 0.6) is 0 Å². The van der Waals surface area contributed by atoms with Gasteiger partial charge in [0.2, 0.25) is 11.8 Å². The number of imide groups is 2. The fourth-order valence-corrected chi connectivity index (χ4v) is 3.24. The van der Waals surface area contributed by atoms with Gasteiger partial charge in [0.05, 0.1) is 17.7 Å². The number of nitrogens with two attached hydrogens (primary N) is 1. The molecule has 8 nitrogen and oxygen atoms in total. The van der Waals surface area contributed by atoms with Gasteiger partial charge in [-0.1, -0.05) is 6.07 Å². The van der Waals surface area contributed by atoms with E-state index in [-0.39, 0.29) is 18.7 Å². The van der Waals surface area contributed by atoms with Crippen LogP contribution in [0.3, 0.4) is 0 Å². The summed E-state index contributed by atoms with van der Waals surface area (Å²) < 4.78 is 5.33. The summed E-state index contributed by atoms with van der Waals surface area (Å²) >= 11 is 0. The van der Waals surface area contributed by atoms with E-state index in [1.54, 1.807) is 18.2 Å². The zero-order valence-electron chi connectivity index (χ0n) is 14.3. The SMILES string of the molecule is NCCOCCCc1ccc2c(c1)C(=O)N(C1CCC(=O)NC1=O)C2=O. The Hall–Kier alpha value is -2.58. The van der Waals surface area contributed by atoms with E-state index in [9.17, 15) is 19.2 Å². The molecule has 3 rings (SSSR count). The second-order valence-corrected chi connectivity index (χ2v) is 6.33. The third-order valence-corrected chi connectivity index (χ3v) is 4.52. The van der Waals surface area contributed by atoms with Gasteiger partial charge in [0.1, 0.15) is 6.04 Å². The Morgan fingerprint density at radius 1 is 1.12 bits per heavy atom. The molecular formula is C18H21N3O5. The van der Waals surface area contributed by atoms with Crippen molar-refractivity contribution in [1.29, 1.82) is 0 Å². The van der Waals surface area contributed by atoms with Crippen molar-refractivity contribution in [1.82, 2.24) is 10.2 Å². The first-order valence-corrected chi connectivity index (χ1v) is 8.65. The number of carbonyl (C=O) groups is 4. The van der Waals surface area contributed by atoms with E-state index in [0.717, 1.165) is 16.9 Å². The minimum Gasteiger partial charge on any atom is -0.380 e. The molecule has 1 saturated heterocycles. The van der Waals surface area contributed by atoms with Crippen molar-refractivity contribution >= 4 is 23.6 Å². The van der Waals surface area contributed by atoms with Crippen molar-refractivity contribution in [2.24, 2.45) is 5.73 Å². The van der Waals surface area contributed by atoms with E-state index in [1.165, 1.54) is 0 Å². The Balaban J connectivity index is 1.71. The highest BCUT2D eigenvalue weighted by atomic mass is 16.5. The lowest BCUT2D eigenvalue weighted by atomic mass is 10.0. The number of nitrogens with zero attached hydrogens (tertiary/aromatic N) is 1. The van der Waals surface area contributed by atoms with Crippen LogP contribution < -0.4 is 11.1 Å². The number of benzene rings is 1. The van der Waals surface area contributed by atoms with Crippen LogP contribution in [-0.4, -0.2) is 54.3 Å². The van der Waals surface area contributed by atoms with Crippen molar-refractivity contribution < 1.29 is 23.9 Å². The van der Waals surface area contributed by atoms with E-state index in [4.69, 9.17) is 10.5 Å². The van der Waals surface area contributed by atoms with Gasteiger partial charge in [0.25, 0.3) is 11.8 Å². The first-order valence-electron chi connectivity index (χ1n) is 8.65. The third kappa shape index (κ3) is 3.51. The first kappa shape index (κ1) is 18.2. The molecule has 0 aliphatic carbocycles. The fourth-order valence-electron chi connectivity index (χ4n) is 3.24. The molecule has 4 amide bonds. The van der Waals surface area contributed by atoms with Gasteiger partial charge in [-0.3, -0.25) is 29.4 Å². The Bertz CT molecular complexity index is 761. The van der Waals surface area contributed by atoms with Crippen molar-refractivity contribution in [3.63, 3.8) is 0 Å². The molecule has 2 aliphatic heterocycles. The minimum absolute atomic E-state index is 0.109. The largest absolute Gasteiger partial charge is 0.380 e. The van der Waals surface area contributed by atoms with Crippen LogP contribution in [0.25, 0.3) is 0 Å². The normalized spacial score (nSPS) is 19.7. The fraction of sp³-hybridized carbons (Fsp3) is 0.444. The molecule has 0 spiro atoms. The molecule has 26 heavy (non-hydrogen) atoms. The van der Waals surface area contributed by atoms with Crippen LogP contribution in [0, 0.1) is 0 Å². The highest BCUT2D eigenvalue weighted by molar-refractivity contribution is 6.23. The lowest BCUT2D eigenvalue weighted by Crippen LogP contribution is -2.54. The highest BCUT2D eigenvalue weighted by Gasteiger charge is 2.44. The molecule has 0 radical (unpaired) electrons. The molecule has 2 aliphatic rings. The smallest absolute Gasteiger partial charge is 0.262 e.